The van der Waals surface area contributed by atoms with Crippen LogP contribution in [0.3, 0.4) is 0 Å². The maximum absolute atomic E-state index is 3.00. The largest absolute Gasteiger partial charge is 1.00 e. The van der Waals surface area contributed by atoms with Crippen LogP contribution in [0.15, 0.2) is 48.5 Å². The van der Waals surface area contributed by atoms with Gasteiger partial charge >= 0.3 is 37.7 Å². The van der Waals surface area contributed by atoms with E-state index in [9.17, 15) is 0 Å². The van der Waals surface area contributed by atoms with E-state index in [-0.39, 0.29) is 37.7 Å². The number of hydrogen-bond donors (Lipinski definition) is 0. The summed E-state index contributed by atoms with van der Waals surface area (Å²) < 4.78 is 0. The predicted octanol–water partition coefficient (Wildman–Crippen LogP) is -2.93. The molecule has 0 aromatic heterocycles. The fourth-order valence-corrected chi connectivity index (χ4v) is 1.55. The van der Waals surface area contributed by atoms with Crippen molar-refractivity contribution >= 4 is 0 Å². The molecule has 0 radical (unpaired) electrons. The Kier molecular flexibility index (Phi) is 15.3. The van der Waals surface area contributed by atoms with Crippen LogP contribution < -0.4 is 37.7 Å². The van der Waals surface area contributed by atoms with E-state index in [0.717, 1.165) is 18.7 Å². The van der Waals surface area contributed by atoms with Crippen LogP contribution in [0.2, 0.25) is 0 Å². The Bertz CT molecular complexity index is 414. The van der Waals surface area contributed by atoms with E-state index >= 15 is 0 Å². The zero-order chi connectivity index (χ0) is 14.8. The molecule has 108 valence electrons. The molecule has 0 aliphatic carbocycles. The van der Waals surface area contributed by atoms with Crippen LogP contribution in [-0.2, 0) is 0 Å². The zero-order valence-corrected chi connectivity index (χ0v) is 14.9. The van der Waals surface area contributed by atoms with Gasteiger partial charge in [-0.3, -0.25) is 12.1 Å². The summed E-state index contributed by atoms with van der Waals surface area (Å²) in [5, 5.41) is 0. The van der Waals surface area contributed by atoms with E-state index in [1.165, 1.54) is 5.56 Å². The number of nitrogens with zero attached hydrogens (tertiary/aromatic N) is 2. The summed E-state index contributed by atoms with van der Waals surface area (Å²) in [7, 11) is 8.35. The summed E-state index contributed by atoms with van der Waals surface area (Å²) in [6, 6.07) is 22.0. The molecule has 4 heteroatoms. The fourth-order valence-electron chi connectivity index (χ4n) is 1.55. The topological polar surface area (TPSA) is 6.48 Å². The van der Waals surface area contributed by atoms with Crippen LogP contribution in [0.1, 0.15) is 0 Å². The van der Waals surface area contributed by atoms with Gasteiger partial charge in [-0.2, -0.15) is 0 Å². The Balaban J connectivity index is 0. The number of benzene rings is 2. The Morgan fingerprint density at radius 1 is 0.727 bits per heavy atom. The van der Waals surface area contributed by atoms with E-state index in [0.29, 0.717) is 0 Å². The smallest absolute Gasteiger partial charge is 0.358 e. The third-order valence-corrected chi connectivity index (χ3v) is 2.75. The molecule has 0 saturated heterocycles. The molecule has 0 aliphatic heterocycles. The van der Waals surface area contributed by atoms with E-state index < -0.39 is 0 Å². The van der Waals surface area contributed by atoms with Crippen LogP contribution >= 0.6 is 0 Å². The molecule has 0 fully saturated rings. The van der Waals surface area contributed by atoms with Crippen molar-refractivity contribution in [2.24, 2.45) is 0 Å². The van der Waals surface area contributed by atoms with Crippen LogP contribution in [0.5, 0.6) is 0 Å². The predicted molar refractivity (Wildman–Crippen MR) is 86.7 cm³/mol. The van der Waals surface area contributed by atoms with Gasteiger partial charge in [-0.25, -0.2) is 5.56 Å². The third kappa shape index (κ3) is 11.2. The van der Waals surface area contributed by atoms with Gasteiger partial charge in [0.15, 0.2) is 0 Å². The molecule has 0 amide bonds. The van der Waals surface area contributed by atoms with Gasteiger partial charge in [0.25, 0.3) is 0 Å². The molecule has 22 heavy (non-hydrogen) atoms. The van der Waals surface area contributed by atoms with Crippen molar-refractivity contribution < 1.29 is 37.7 Å². The molecule has 0 spiro atoms. The van der Waals surface area contributed by atoms with Gasteiger partial charge in [0.2, 0.25) is 0 Å². The van der Waals surface area contributed by atoms with E-state index in [1.54, 1.807) is 6.07 Å². The second-order valence-electron chi connectivity index (χ2n) is 5.19. The summed E-state index contributed by atoms with van der Waals surface area (Å²) in [5.74, 6) is 0. The van der Waals surface area contributed by atoms with Crippen LogP contribution in [0, 0.1) is 12.1 Å². The molecule has 0 bridgehead atoms. The minimum atomic E-state index is 0. The molecular weight excluding hydrogens is 258 g/mol. The van der Waals surface area contributed by atoms with Gasteiger partial charge in [0, 0.05) is 13.1 Å². The standard InChI is InChI=1S/C12H8.C6H16N2.2Li/c1-3-7-11(8-4-1)12-9-5-2-6-10-12;1-7(2)5-6-8(3)4;;/h1-4,7-10H;5-6H2,1-4H3;;/q-2;;2*+1. The van der Waals surface area contributed by atoms with Gasteiger partial charge in [-0.15, -0.1) is 5.56 Å². The summed E-state index contributed by atoms with van der Waals surface area (Å²) in [4.78, 5) is 4.36. The van der Waals surface area contributed by atoms with Crippen molar-refractivity contribution in [1.29, 1.82) is 0 Å². The molecule has 2 aromatic carbocycles. The monoisotopic (exact) mass is 282 g/mol. The zero-order valence-electron chi connectivity index (χ0n) is 14.9. The maximum atomic E-state index is 3.00. The summed E-state index contributed by atoms with van der Waals surface area (Å²) in [6.45, 7) is 2.29. The first-order chi connectivity index (χ1) is 9.59. The Labute approximate surface area is 160 Å². The first kappa shape index (κ1) is 23.8. The van der Waals surface area contributed by atoms with Crippen molar-refractivity contribution in [2.75, 3.05) is 41.3 Å². The molecule has 0 heterocycles. The van der Waals surface area contributed by atoms with Gasteiger partial charge < -0.3 is 28.0 Å². The van der Waals surface area contributed by atoms with Gasteiger partial charge in [-0.1, -0.05) is 30.3 Å². The molecule has 2 aromatic rings. The maximum Gasteiger partial charge on any atom is 1.00 e. The SMILES string of the molecule is CN(C)CCN(C)C.[Li+].[Li+].[c-]1c[c-]cc(-c2ccccc2)c1. The second-order valence-corrected chi connectivity index (χ2v) is 5.19. The van der Waals surface area contributed by atoms with Crippen molar-refractivity contribution in [3.8, 4) is 11.1 Å². The van der Waals surface area contributed by atoms with Gasteiger partial charge in [0.05, 0.1) is 0 Å². The minimum Gasteiger partial charge on any atom is -0.358 e. The molecule has 2 nitrogen and oxygen atoms in total. The van der Waals surface area contributed by atoms with Gasteiger partial charge in [0.1, 0.15) is 0 Å². The molecule has 0 aliphatic rings. The first-order valence-corrected chi connectivity index (χ1v) is 6.81. The van der Waals surface area contributed by atoms with Crippen molar-refractivity contribution in [1.82, 2.24) is 9.80 Å². The van der Waals surface area contributed by atoms with Gasteiger partial charge in [-0.05, 0) is 28.2 Å². The quantitative estimate of drug-likeness (QED) is 0.438. The fraction of sp³-hybridized carbons (Fsp3) is 0.333. The van der Waals surface area contributed by atoms with Crippen molar-refractivity contribution in [2.45, 2.75) is 0 Å². The van der Waals surface area contributed by atoms with Crippen molar-refractivity contribution in [3.05, 3.63) is 60.7 Å². The molecular formula is C18H24Li2N2. The van der Waals surface area contributed by atoms with Crippen LogP contribution in [0.25, 0.3) is 11.1 Å². The molecule has 0 N–H and O–H groups in total. The molecule has 2 rings (SSSR count). The number of likely N-dealkylation sites (N-methyl/N-ethyl adjacent to an activating group) is 2. The average molecular weight is 282 g/mol. The van der Waals surface area contributed by atoms with E-state index in [4.69, 9.17) is 0 Å². The summed E-state index contributed by atoms with van der Waals surface area (Å²) in [6.07, 6.45) is 0. The van der Waals surface area contributed by atoms with Crippen molar-refractivity contribution in [3.63, 3.8) is 0 Å². The van der Waals surface area contributed by atoms with Crippen LogP contribution in [-0.4, -0.2) is 51.1 Å². The summed E-state index contributed by atoms with van der Waals surface area (Å²) >= 11 is 0. The Morgan fingerprint density at radius 2 is 1.18 bits per heavy atom. The molecule has 0 atom stereocenters. The molecule has 0 saturated carbocycles. The summed E-state index contributed by atoms with van der Waals surface area (Å²) in [5.41, 5.74) is 2.38. The average Bonchev–Trinajstić information content (AvgIpc) is 2.48. The number of hydrogen-bond acceptors (Lipinski definition) is 2. The van der Waals surface area contributed by atoms with E-state index in [1.807, 2.05) is 30.3 Å². The minimum absolute atomic E-state index is 0. The Morgan fingerprint density at radius 3 is 1.59 bits per heavy atom. The first-order valence-electron chi connectivity index (χ1n) is 6.81. The second kappa shape index (κ2) is 14.2. The van der Waals surface area contributed by atoms with E-state index in [2.05, 4.69) is 62.3 Å². The molecule has 0 unspecified atom stereocenters. The Hall–Kier alpha value is -0.445. The van der Waals surface area contributed by atoms with Crippen LogP contribution in [0.4, 0.5) is 0 Å². The number of rotatable bonds is 4. The third-order valence-electron chi connectivity index (χ3n) is 2.75. The normalized spacial score (nSPS) is 9.36.